The van der Waals surface area contributed by atoms with Gasteiger partial charge in [-0.2, -0.15) is 0 Å². The second-order valence-electron chi connectivity index (χ2n) is 8.77. The Balaban J connectivity index is 1.42. The second-order valence-corrected chi connectivity index (χ2v) is 8.99. The molecule has 174 valence electrons. The molecule has 2 aliphatic rings. The Labute approximate surface area is 200 Å². The molecule has 2 saturated heterocycles. The summed E-state index contributed by atoms with van der Waals surface area (Å²) >= 11 is 4.26. The van der Waals surface area contributed by atoms with E-state index in [9.17, 15) is 0 Å². The average Bonchev–Trinajstić information content (AvgIpc) is 3.42. The molecular weight excluding hydrogens is 434 g/mol. The van der Waals surface area contributed by atoms with Crippen LogP contribution >= 0.6 is 12.8 Å². The summed E-state index contributed by atoms with van der Waals surface area (Å²) < 4.78 is 8.47. The van der Waals surface area contributed by atoms with Crippen LogP contribution in [0.25, 0.3) is 11.0 Å². The fraction of sp³-hybridized carbons (Fsp3) is 0.500. The Morgan fingerprint density at radius 2 is 1.76 bits per heavy atom. The monoisotopic (exact) mass is 465 g/mol. The van der Waals surface area contributed by atoms with Crippen LogP contribution in [-0.2, 0) is 17.6 Å². The van der Waals surface area contributed by atoms with Crippen LogP contribution in [0, 0.1) is 0 Å². The number of hydrogen-bond donors (Lipinski definition) is 2. The molecule has 9 heteroatoms. The Morgan fingerprint density at radius 1 is 1.03 bits per heavy atom. The van der Waals surface area contributed by atoms with Crippen molar-refractivity contribution in [3.8, 4) is 0 Å². The van der Waals surface area contributed by atoms with Crippen molar-refractivity contribution in [3.05, 3.63) is 41.9 Å². The summed E-state index contributed by atoms with van der Waals surface area (Å²) in [7, 11) is 2.15. The highest BCUT2D eigenvalue weighted by Crippen LogP contribution is 2.26. The number of para-hydroxylation sites is 2. The zero-order chi connectivity index (χ0) is 22.6. The summed E-state index contributed by atoms with van der Waals surface area (Å²) in [6.07, 6.45) is 5.86. The van der Waals surface area contributed by atoms with Crippen molar-refractivity contribution in [1.29, 1.82) is 0 Å². The Kier molecular flexibility index (Phi) is 6.78. The van der Waals surface area contributed by atoms with Gasteiger partial charge in [-0.25, -0.2) is 19.9 Å². The van der Waals surface area contributed by atoms with E-state index in [-0.39, 0.29) is 0 Å². The number of aromatic nitrogens is 4. The van der Waals surface area contributed by atoms with Crippen LogP contribution in [0.3, 0.4) is 0 Å². The summed E-state index contributed by atoms with van der Waals surface area (Å²) in [5.41, 5.74) is 2.61. The van der Waals surface area contributed by atoms with Crippen LogP contribution in [0.4, 0.5) is 17.5 Å². The molecule has 33 heavy (non-hydrogen) atoms. The molecule has 5 rings (SSSR count). The number of nitrogens with zero attached hydrogens (tertiary/aromatic N) is 6. The van der Waals surface area contributed by atoms with Crippen molar-refractivity contribution >= 4 is 41.3 Å². The van der Waals surface area contributed by atoms with Gasteiger partial charge in [0.15, 0.2) is 5.82 Å². The van der Waals surface area contributed by atoms with Gasteiger partial charge in [0.2, 0.25) is 0 Å². The number of anilines is 3. The molecule has 2 aromatic heterocycles. The van der Waals surface area contributed by atoms with Crippen LogP contribution in [-0.4, -0.2) is 59.3 Å². The maximum Gasteiger partial charge on any atom is 0.158 e. The molecular formula is C24H31N7OS. The third-order valence-corrected chi connectivity index (χ3v) is 6.82. The Bertz CT molecular complexity index is 1100. The van der Waals surface area contributed by atoms with Crippen molar-refractivity contribution < 1.29 is 4.74 Å². The number of fused-ring (bicyclic) bond motifs is 1. The second kappa shape index (κ2) is 10.1. The lowest BCUT2D eigenvalue weighted by atomic mass is 10.1. The van der Waals surface area contributed by atoms with Crippen LogP contribution < -0.4 is 14.5 Å². The predicted molar refractivity (Wildman–Crippen MR) is 135 cm³/mol. The van der Waals surface area contributed by atoms with Gasteiger partial charge in [-0.1, -0.05) is 24.9 Å². The normalized spacial score (nSPS) is 17.0. The SMILES string of the molecule is CN(c1cc(N2CCCC2)nc(CCc2nc3ccccc3nc2NS)n1)C1CCOCC1. The van der Waals surface area contributed by atoms with E-state index in [4.69, 9.17) is 19.7 Å². The zero-order valence-electron chi connectivity index (χ0n) is 19.1. The number of benzene rings is 1. The summed E-state index contributed by atoms with van der Waals surface area (Å²) in [6, 6.07) is 10.5. The highest BCUT2D eigenvalue weighted by molar-refractivity contribution is 7.81. The molecule has 2 fully saturated rings. The predicted octanol–water partition coefficient (Wildman–Crippen LogP) is 3.68. The Morgan fingerprint density at radius 3 is 2.48 bits per heavy atom. The molecule has 3 aromatic rings. The van der Waals surface area contributed by atoms with Gasteiger partial charge in [0.25, 0.3) is 0 Å². The molecule has 4 heterocycles. The van der Waals surface area contributed by atoms with E-state index in [2.05, 4.69) is 45.4 Å². The molecule has 0 bridgehead atoms. The summed E-state index contributed by atoms with van der Waals surface area (Å²) in [5.74, 6) is 3.55. The lowest BCUT2D eigenvalue weighted by molar-refractivity contribution is 0.0853. The van der Waals surface area contributed by atoms with Crippen molar-refractivity contribution in [2.24, 2.45) is 0 Å². The first kappa shape index (κ1) is 22.2. The van der Waals surface area contributed by atoms with Gasteiger partial charge in [-0.3, -0.25) is 0 Å². The molecule has 2 aliphatic heterocycles. The number of thiol groups is 1. The molecule has 0 aliphatic carbocycles. The van der Waals surface area contributed by atoms with E-state index >= 15 is 0 Å². The summed E-state index contributed by atoms with van der Waals surface area (Å²) in [5, 5.41) is 0. The summed E-state index contributed by atoms with van der Waals surface area (Å²) in [4.78, 5) is 24.1. The minimum Gasteiger partial charge on any atom is -0.381 e. The highest BCUT2D eigenvalue weighted by atomic mass is 32.1. The lowest BCUT2D eigenvalue weighted by Gasteiger charge is -2.32. The quantitative estimate of drug-likeness (QED) is 0.512. The van der Waals surface area contributed by atoms with Gasteiger partial charge < -0.3 is 19.3 Å². The van der Waals surface area contributed by atoms with Gasteiger partial charge in [0.1, 0.15) is 17.5 Å². The van der Waals surface area contributed by atoms with E-state index in [0.717, 1.165) is 73.3 Å². The van der Waals surface area contributed by atoms with Crippen LogP contribution in [0.15, 0.2) is 30.3 Å². The maximum absolute atomic E-state index is 5.56. The molecule has 1 aromatic carbocycles. The van der Waals surface area contributed by atoms with Gasteiger partial charge >= 0.3 is 0 Å². The van der Waals surface area contributed by atoms with E-state index in [1.54, 1.807) is 0 Å². The average molecular weight is 466 g/mol. The van der Waals surface area contributed by atoms with Gasteiger partial charge in [0.05, 0.1) is 16.7 Å². The van der Waals surface area contributed by atoms with Gasteiger partial charge in [-0.15, -0.1) is 0 Å². The van der Waals surface area contributed by atoms with Crippen molar-refractivity contribution in [1.82, 2.24) is 19.9 Å². The molecule has 0 radical (unpaired) electrons. The number of rotatable bonds is 7. The molecule has 0 spiro atoms. The van der Waals surface area contributed by atoms with E-state index in [1.807, 2.05) is 24.3 Å². The van der Waals surface area contributed by atoms with Crippen molar-refractivity contribution in [3.63, 3.8) is 0 Å². The highest BCUT2D eigenvalue weighted by Gasteiger charge is 2.23. The van der Waals surface area contributed by atoms with Crippen molar-refractivity contribution in [2.45, 2.75) is 44.6 Å². The minimum absolute atomic E-state index is 0.444. The number of hydrogen-bond acceptors (Lipinski definition) is 9. The first-order valence-corrected chi connectivity index (χ1v) is 12.3. The molecule has 0 unspecified atom stereocenters. The van der Waals surface area contributed by atoms with Crippen LogP contribution in [0.2, 0.25) is 0 Å². The molecule has 8 nitrogen and oxygen atoms in total. The third-order valence-electron chi connectivity index (χ3n) is 6.61. The van der Waals surface area contributed by atoms with Gasteiger partial charge in [0, 0.05) is 58.3 Å². The summed E-state index contributed by atoms with van der Waals surface area (Å²) in [6.45, 7) is 3.74. The molecule has 0 atom stereocenters. The topological polar surface area (TPSA) is 79.3 Å². The molecule has 1 N–H and O–H groups in total. The van der Waals surface area contributed by atoms with Crippen LogP contribution in [0.1, 0.15) is 37.2 Å². The lowest BCUT2D eigenvalue weighted by Crippen LogP contribution is -2.37. The smallest absolute Gasteiger partial charge is 0.158 e. The van der Waals surface area contributed by atoms with Gasteiger partial charge in [-0.05, 0) is 37.8 Å². The molecule has 0 amide bonds. The first-order valence-electron chi connectivity index (χ1n) is 11.8. The molecule has 0 saturated carbocycles. The third kappa shape index (κ3) is 4.99. The maximum atomic E-state index is 5.56. The van der Waals surface area contributed by atoms with E-state index < -0.39 is 0 Å². The van der Waals surface area contributed by atoms with Crippen LogP contribution in [0.5, 0.6) is 0 Å². The fourth-order valence-corrected chi connectivity index (χ4v) is 4.84. The van der Waals surface area contributed by atoms with E-state index in [1.165, 1.54) is 12.8 Å². The largest absolute Gasteiger partial charge is 0.381 e. The van der Waals surface area contributed by atoms with Crippen molar-refractivity contribution in [2.75, 3.05) is 47.9 Å². The Hall–Kier alpha value is -2.65. The first-order chi connectivity index (χ1) is 16.2. The number of ether oxygens (including phenoxy) is 1. The minimum atomic E-state index is 0.444. The fourth-order valence-electron chi connectivity index (χ4n) is 4.66. The number of aryl methyl sites for hydroxylation is 2. The van der Waals surface area contributed by atoms with E-state index in [0.29, 0.717) is 24.7 Å². The standard InChI is InChI=1S/C24H31N7OS/c1-30(17-10-14-32-15-11-17)22-16-23(31-12-4-5-13-31)28-21(27-22)9-8-20-24(29-33)26-19-7-3-2-6-18(19)25-20/h2-3,6-7,16-17,33H,4-5,8-15H2,1H3,(H,26,29). The number of nitrogens with one attached hydrogen (secondary N) is 1. The zero-order valence-corrected chi connectivity index (χ0v) is 20.0.